The fourth-order valence-corrected chi connectivity index (χ4v) is 9.01. The second-order valence-corrected chi connectivity index (χ2v) is 14.0. The number of rotatable bonds is 4. The second kappa shape index (κ2) is 11.0. The van der Waals surface area contributed by atoms with Crippen molar-refractivity contribution in [2.45, 2.75) is 0 Å². The fourth-order valence-electron chi connectivity index (χ4n) is 7.75. The van der Waals surface area contributed by atoms with Gasteiger partial charge in [-0.15, -0.1) is 11.3 Å². The lowest BCUT2D eigenvalue weighted by molar-refractivity contribution is 0.673. The Balaban J connectivity index is 1.24. The van der Waals surface area contributed by atoms with Crippen LogP contribution in [0.2, 0.25) is 0 Å². The van der Waals surface area contributed by atoms with E-state index in [1.165, 1.54) is 30.9 Å². The van der Waals surface area contributed by atoms with Crippen LogP contribution in [0, 0.1) is 0 Å². The average Bonchev–Trinajstić information content (AvgIpc) is 3.88. The van der Waals surface area contributed by atoms with Gasteiger partial charge in [0, 0.05) is 58.7 Å². The molecule has 11 rings (SSSR count). The Morgan fingerprint density at radius 3 is 1.96 bits per heavy atom. The first-order chi connectivity index (χ1) is 25.3. The topological polar surface area (TPSA) is 43.9 Å². The monoisotopic (exact) mass is 669 g/mol. The molecule has 4 aromatic heterocycles. The van der Waals surface area contributed by atoms with Crippen LogP contribution in [0.3, 0.4) is 0 Å². The molecule has 238 valence electrons. The van der Waals surface area contributed by atoms with Crippen molar-refractivity contribution in [1.82, 2.24) is 14.5 Å². The van der Waals surface area contributed by atoms with Crippen molar-refractivity contribution >= 4 is 75.3 Å². The highest BCUT2D eigenvalue weighted by atomic mass is 32.1. The number of para-hydroxylation sites is 2. The van der Waals surface area contributed by atoms with Gasteiger partial charge in [0.2, 0.25) is 0 Å². The summed E-state index contributed by atoms with van der Waals surface area (Å²) in [7, 11) is 0. The molecule has 0 unspecified atom stereocenters. The van der Waals surface area contributed by atoms with Crippen molar-refractivity contribution in [3.05, 3.63) is 164 Å². The minimum atomic E-state index is 0.702. The normalized spacial score (nSPS) is 11.9. The molecule has 0 saturated carbocycles. The Kier molecular flexibility index (Phi) is 6.09. The lowest BCUT2D eigenvalue weighted by atomic mass is 10.0. The number of hydrogen-bond donors (Lipinski definition) is 0. The molecule has 0 aliphatic carbocycles. The Labute approximate surface area is 296 Å². The van der Waals surface area contributed by atoms with E-state index in [9.17, 15) is 0 Å². The van der Waals surface area contributed by atoms with Gasteiger partial charge >= 0.3 is 0 Å². The first-order valence-corrected chi connectivity index (χ1v) is 17.9. The smallest absolute Gasteiger partial charge is 0.160 e. The standard InChI is InChI=1S/C46H27N3OS/c1-3-14-28(15-4-1)35-27-36(48-46(47-35)29-16-5-2-6-17-29)30-18-13-19-31(26-30)49-37-23-10-7-20-32(37)40-43(49)41-34-22-9-12-25-39(34)51-45(41)42-33-21-8-11-24-38(33)50-44(40)42/h1-27H. The highest BCUT2D eigenvalue weighted by Gasteiger charge is 2.25. The van der Waals surface area contributed by atoms with Crippen LogP contribution in [-0.4, -0.2) is 14.5 Å². The van der Waals surface area contributed by atoms with Crippen LogP contribution in [0.4, 0.5) is 0 Å². The van der Waals surface area contributed by atoms with Gasteiger partial charge in [-0.05, 0) is 36.4 Å². The Hall–Kier alpha value is -6.56. The molecule has 0 N–H and O–H groups in total. The quantitative estimate of drug-likeness (QED) is 0.187. The van der Waals surface area contributed by atoms with Gasteiger partial charge in [-0.25, -0.2) is 9.97 Å². The number of thiophene rings is 1. The third-order valence-electron chi connectivity index (χ3n) is 9.98. The van der Waals surface area contributed by atoms with E-state index in [1.54, 1.807) is 0 Å². The van der Waals surface area contributed by atoms with Crippen LogP contribution in [0.15, 0.2) is 168 Å². The summed E-state index contributed by atoms with van der Waals surface area (Å²) in [5, 5.41) is 7.15. The van der Waals surface area contributed by atoms with Crippen LogP contribution in [0.1, 0.15) is 0 Å². The molecule has 0 aliphatic rings. The summed E-state index contributed by atoms with van der Waals surface area (Å²) in [6.45, 7) is 0. The first-order valence-electron chi connectivity index (χ1n) is 17.1. The fraction of sp³-hybridized carbons (Fsp3) is 0. The largest absolute Gasteiger partial charge is 0.455 e. The van der Waals surface area contributed by atoms with Crippen molar-refractivity contribution in [3.63, 3.8) is 0 Å². The average molecular weight is 670 g/mol. The Bertz CT molecular complexity index is 3050. The van der Waals surface area contributed by atoms with Crippen molar-refractivity contribution in [2.75, 3.05) is 0 Å². The molecule has 5 heteroatoms. The van der Waals surface area contributed by atoms with E-state index in [4.69, 9.17) is 14.4 Å². The van der Waals surface area contributed by atoms with Crippen molar-refractivity contribution < 1.29 is 4.42 Å². The molecule has 4 heterocycles. The van der Waals surface area contributed by atoms with E-state index in [0.29, 0.717) is 5.82 Å². The molecule has 0 atom stereocenters. The first kappa shape index (κ1) is 28.3. The summed E-state index contributed by atoms with van der Waals surface area (Å²) >= 11 is 1.85. The molecule has 0 aliphatic heterocycles. The summed E-state index contributed by atoms with van der Waals surface area (Å²) in [6.07, 6.45) is 0. The number of benzene rings is 7. The third kappa shape index (κ3) is 4.25. The lowest BCUT2D eigenvalue weighted by Crippen LogP contribution is -1.98. The Morgan fingerprint density at radius 2 is 1.14 bits per heavy atom. The molecule has 11 aromatic rings. The highest BCUT2D eigenvalue weighted by molar-refractivity contribution is 7.27. The maximum atomic E-state index is 6.81. The summed E-state index contributed by atoms with van der Waals surface area (Å²) in [5.41, 5.74) is 10.0. The van der Waals surface area contributed by atoms with Gasteiger partial charge < -0.3 is 8.98 Å². The summed E-state index contributed by atoms with van der Waals surface area (Å²) in [5.74, 6) is 0.702. The second-order valence-electron chi connectivity index (χ2n) is 12.9. The lowest BCUT2D eigenvalue weighted by Gasteiger charge is -2.13. The minimum absolute atomic E-state index is 0.702. The molecule has 0 bridgehead atoms. The number of hydrogen-bond acceptors (Lipinski definition) is 4. The number of nitrogens with zero attached hydrogens (tertiary/aromatic N) is 3. The van der Waals surface area contributed by atoms with Crippen molar-refractivity contribution in [3.8, 4) is 39.6 Å². The molecular formula is C46H27N3OS. The number of furan rings is 1. The van der Waals surface area contributed by atoms with E-state index in [2.05, 4.69) is 144 Å². The van der Waals surface area contributed by atoms with Gasteiger partial charge in [0.1, 0.15) is 11.2 Å². The van der Waals surface area contributed by atoms with E-state index in [-0.39, 0.29) is 0 Å². The predicted octanol–water partition coefficient (Wildman–Crippen LogP) is 12.8. The van der Waals surface area contributed by atoms with Gasteiger partial charge in [-0.2, -0.15) is 0 Å². The van der Waals surface area contributed by atoms with E-state index in [1.807, 2.05) is 35.6 Å². The van der Waals surface area contributed by atoms with Crippen molar-refractivity contribution in [2.24, 2.45) is 0 Å². The van der Waals surface area contributed by atoms with Gasteiger partial charge in [0.25, 0.3) is 0 Å². The zero-order chi connectivity index (χ0) is 33.5. The molecule has 0 fully saturated rings. The zero-order valence-electron chi connectivity index (χ0n) is 27.2. The van der Waals surface area contributed by atoms with Gasteiger partial charge in [0.05, 0.1) is 27.8 Å². The van der Waals surface area contributed by atoms with Crippen LogP contribution < -0.4 is 0 Å². The highest BCUT2D eigenvalue weighted by Crippen LogP contribution is 2.50. The molecule has 0 spiro atoms. The molecule has 51 heavy (non-hydrogen) atoms. The molecule has 0 radical (unpaired) electrons. The number of fused-ring (bicyclic) bond motifs is 12. The SMILES string of the molecule is c1ccc(-c2cc(-c3cccc(-n4c5ccccc5c5c6oc7ccccc7c6c6sc7ccccc7c6c54)c3)nc(-c3ccccc3)n2)cc1. The van der Waals surface area contributed by atoms with E-state index in [0.717, 1.165) is 66.7 Å². The molecule has 0 saturated heterocycles. The zero-order valence-corrected chi connectivity index (χ0v) is 28.1. The summed E-state index contributed by atoms with van der Waals surface area (Å²) in [6, 6.07) is 57.3. The van der Waals surface area contributed by atoms with Gasteiger partial charge in [0.15, 0.2) is 5.82 Å². The predicted molar refractivity (Wildman–Crippen MR) is 213 cm³/mol. The molecule has 0 amide bonds. The maximum absolute atomic E-state index is 6.81. The van der Waals surface area contributed by atoms with Crippen LogP contribution in [-0.2, 0) is 0 Å². The van der Waals surface area contributed by atoms with Gasteiger partial charge in [-0.3, -0.25) is 0 Å². The van der Waals surface area contributed by atoms with Crippen LogP contribution >= 0.6 is 11.3 Å². The Morgan fingerprint density at radius 1 is 0.490 bits per heavy atom. The maximum Gasteiger partial charge on any atom is 0.160 e. The van der Waals surface area contributed by atoms with Gasteiger partial charge in [-0.1, -0.05) is 127 Å². The summed E-state index contributed by atoms with van der Waals surface area (Å²) in [4.78, 5) is 10.2. The van der Waals surface area contributed by atoms with E-state index < -0.39 is 0 Å². The summed E-state index contributed by atoms with van der Waals surface area (Å²) < 4.78 is 11.8. The van der Waals surface area contributed by atoms with E-state index >= 15 is 0 Å². The van der Waals surface area contributed by atoms with Crippen LogP contribution in [0.5, 0.6) is 0 Å². The molecule has 4 nitrogen and oxygen atoms in total. The number of aromatic nitrogens is 3. The molecule has 7 aromatic carbocycles. The van der Waals surface area contributed by atoms with Crippen LogP contribution in [0.25, 0.3) is 104 Å². The third-order valence-corrected chi connectivity index (χ3v) is 11.2. The minimum Gasteiger partial charge on any atom is -0.455 e. The van der Waals surface area contributed by atoms with Crippen molar-refractivity contribution in [1.29, 1.82) is 0 Å². The molecular weight excluding hydrogens is 643 g/mol.